The zero-order valence-electron chi connectivity index (χ0n) is 17.2. The number of amides is 2. The molecule has 168 valence electrons. The predicted octanol–water partition coefficient (Wildman–Crippen LogP) is 4.40. The van der Waals surface area contributed by atoms with Gasteiger partial charge in [0.25, 0.3) is 5.91 Å². The molecule has 0 aliphatic carbocycles. The van der Waals surface area contributed by atoms with Gasteiger partial charge in [0.2, 0.25) is 5.91 Å². The van der Waals surface area contributed by atoms with Crippen molar-refractivity contribution in [3.63, 3.8) is 0 Å². The zero-order chi connectivity index (χ0) is 22.7. The molecule has 2 heterocycles. The summed E-state index contributed by atoms with van der Waals surface area (Å²) in [7, 11) is 1.58. The summed E-state index contributed by atoms with van der Waals surface area (Å²) in [6, 6.07) is 11.3. The number of ether oxygens (including phenoxy) is 2. The summed E-state index contributed by atoms with van der Waals surface area (Å²) >= 11 is 1.34. The Bertz CT molecular complexity index is 1140. The van der Waals surface area contributed by atoms with Crippen LogP contribution < -0.4 is 14.8 Å². The fourth-order valence-corrected chi connectivity index (χ4v) is 4.58. The van der Waals surface area contributed by atoms with Gasteiger partial charge in [0.15, 0.2) is 5.13 Å². The molecule has 1 aliphatic heterocycles. The number of likely N-dealkylation sites (tertiary alicyclic amines) is 1. The van der Waals surface area contributed by atoms with Crippen LogP contribution >= 0.6 is 11.3 Å². The predicted molar refractivity (Wildman–Crippen MR) is 117 cm³/mol. The van der Waals surface area contributed by atoms with Crippen LogP contribution in [0.4, 0.5) is 13.9 Å². The van der Waals surface area contributed by atoms with E-state index in [9.17, 15) is 18.4 Å². The minimum atomic E-state index is -3.03. The highest BCUT2D eigenvalue weighted by Gasteiger charge is 2.30. The Morgan fingerprint density at radius 3 is 2.84 bits per heavy atom. The summed E-state index contributed by atoms with van der Waals surface area (Å²) in [5.41, 5.74) is 0.802. The van der Waals surface area contributed by atoms with Crippen LogP contribution in [0.25, 0.3) is 10.2 Å². The molecule has 1 aliphatic rings. The van der Waals surface area contributed by atoms with E-state index in [0.717, 1.165) is 10.2 Å². The van der Waals surface area contributed by atoms with E-state index in [1.54, 1.807) is 19.2 Å². The number of piperidine rings is 1. The Balaban J connectivity index is 1.45. The number of hydrogen-bond donors (Lipinski definition) is 1. The first-order valence-corrected chi connectivity index (χ1v) is 10.8. The Hall–Kier alpha value is -3.27. The summed E-state index contributed by atoms with van der Waals surface area (Å²) in [4.78, 5) is 31.7. The van der Waals surface area contributed by atoms with Crippen molar-refractivity contribution in [1.82, 2.24) is 9.88 Å². The van der Waals surface area contributed by atoms with Crippen molar-refractivity contribution in [1.29, 1.82) is 0 Å². The molecule has 3 aromatic rings. The van der Waals surface area contributed by atoms with Gasteiger partial charge in [-0.3, -0.25) is 9.59 Å². The van der Waals surface area contributed by atoms with E-state index in [-0.39, 0.29) is 23.8 Å². The highest BCUT2D eigenvalue weighted by atomic mass is 32.1. The molecule has 1 saturated heterocycles. The molecule has 4 rings (SSSR count). The van der Waals surface area contributed by atoms with Crippen molar-refractivity contribution < 1.29 is 27.8 Å². The SMILES string of the molecule is COc1ccc2nc(NC(=O)C3CCCN(C(=O)c4ccccc4OC(F)F)C3)sc2c1. The molecule has 1 N–H and O–H groups in total. The van der Waals surface area contributed by atoms with Gasteiger partial charge >= 0.3 is 6.61 Å². The Kier molecular flexibility index (Phi) is 6.50. The molecule has 2 amide bonds. The van der Waals surface area contributed by atoms with Gasteiger partial charge in [-0.2, -0.15) is 8.78 Å². The van der Waals surface area contributed by atoms with E-state index in [2.05, 4.69) is 15.0 Å². The fourth-order valence-electron chi connectivity index (χ4n) is 3.68. The molecule has 0 saturated carbocycles. The number of halogens is 2. The molecular weight excluding hydrogens is 440 g/mol. The van der Waals surface area contributed by atoms with E-state index in [0.29, 0.717) is 30.3 Å². The van der Waals surface area contributed by atoms with E-state index in [1.165, 1.54) is 34.4 Å². The maximum absolute atomic E-state index is 13.0. The lowest BCUT2D eigenvalue weighted by Gasteiger charge is -2.32. The smallest absolute Gasteiger partial charge is 0.387 e. The number of methoxy groups -OCH3 is 1. The van der Waals surface area contributed by atoms with Gasteiger partial charge in [0.05, 0.1) is 28.8 Å². The monoisotopic (exact) mass is 461 g/mol. The lowest BCUT2D eigenvalue weighted by Crippen LogP contribution is -2.43. The molecule has 1 aromatic heterocycles. The standard InChI is InChI=1S/C22H21F2N3O4S/c1-30-14-8-9-16-18(11-14)32-22(25-16)26-19(28)13-5-4-10-27(12-13)20(29)15-6-2-3-7-17(15)31-21(23)24/h2-3,6-9,11,13,21H,4-5,10,12H2,1H3,(H,25,26,28). The molecular formula is C22H21F2N3O4S. The number of anilines is 1. The van der Waals surface area contributed by atoms with Gasteiger partial charge in [0.1, 0.15) is 11.5 Å². The van der Waals surface area contributed by atoms with E-state index in [4.69, 9.17) is 4.74 Å². The molecule has 1 atom stereocenters. The average Bonchev–Trinajstić information content (AvgIpc) is 3.20. The summed E-state index contributed by atoms with van der Waals surface area (Å²) in [6.45, 7) is -2.41. The summed E-state index contributed by atoms with van der Waals surface area (Å²) in [5.74, 6) is -0.575. The van der Waals surface area contributed by atoms with Gasteiger partial charge in [-0.15, -0.1) is 0 Å². The minimum absolute atomic E-state index is 0.0500. The van der Waals surface area contributed by atoms with Crippen LogP contribution in [0.3, 0.4) is 0 Å². The second-order valence-corrected chi connectivity index (χ2v) is 8.34. The van der Waals surface area contributed by atoms with Crippen molar-refractivity contribution in [2.45, 2.75) is 19.5 Å². The zero-order valence-corrected chi connectivity index (χ0v) is 18.0. The molecule has 2 aromatic carbocycles. The van der Waals surface area contributed by atoms with Crippen LogP contribution in [-0.4, -0.2) is 48.5 Å². The molecule has 1 unspecified atom stereocenters. The first-order valence-electron chi connectivity index (χ1n) is 10.0. The molecule has 1 fully saturated rings. The normalized spacial score (nSPS) is 16.2. The number of benzene rings is 2. The molecule has 0 radical (unpaired) electrons. The van der Waals surface area contributed by atoms with E-state index in [1.807, 2.05) is 12.1 Å². The summed E-state index contributed by atoms with van der Waals surface area (Å²) in [5, 5.41) is 3.31. The van der Waals surface area contributed by atoms with Gasteiger partial charge in [-0.05, 0) is 43.2 Å². The number of hydrogen-bond acceptors (Lipinski definition) is 6. The largest absolute Gasteiger partial charge is 0.497 e. The summed E-state index contributed by atoms with van der Waals surface area (Å²) < 4.78 is 36.0. The first-order chi connectivity index (χ1) is 15.4. The van der Waals surface area contributed by atoms with Crippen LogP contribution in [0, 0.1) is 5.92 Å². The lowest BCUT2D eigenvalue weighted by molar-refractivity contribution is -0.121. The minimum Gasteiger partial charge on any atom is -0.497 e. The van der Waals surface area contributed by atoms with Crippen molar-refractivity contribution in [3.8, 4) is 11.5 Å². The first kappa shape index (κ1) is 21.9. The molecule has 0 spiro atoms. The van der Waals surface area contributed by atoms with Crippen molar-refractivity contribution in [2.75, 3.05) is 25.5 Å². The molecule has 7 nitrogen and oxygen atoms in total. The topological polar surface area (TPSA) is 80.8 Å². The van der Waals surface area contributed by atoms with Gasteiger partial charge in [0, 0.05) is 13.1 Å². The van der Waals surface area contributed by atoms with Crippen LogP contribution in [-0.2, 0) is 4.79 Å². The van der Waals surface area contributed by atoms with Gasteiger partial charge in [-0.25, -0.2) is 4.98 Å². The third-order valence-corrected chi connectivity index (χ3v) is 6.17. The number of para-hydroxylation sites is 1. The van der Waals surface area contributed by atoms with Gasteiger partial charge in [-0.1, -0.05) is 23.5 Å². The second kappa shape index (κ2) is 9.47. The van der Waals surface area contributed by atoms with Crippen molar-refractivity contribution in [2.24, 2.45) is 5.92 Å². The third kappa shape index (κ3) is 4.80. The van der Waals surface area contributed by atoms with Crippen LogP contribution in [0.5, 0.6) is 11.5 Å². The Morgan fingerprint density at radius 1 is 1.25 bits per heavy atom. The highest BCUT2D eigenvalue weighted by Crippen LogP contribution is 2.30. The molecule has 0 bridgehead atoms. The number of rotatable bonds is 6. The highest BCUT2D eigenvalue weighted by molar-refractivity contribution is 7.22. The Morgan fingerprint density at radius 2 is 2.06 bits per heavy atom. The number of nitrogens with one attached hydrogen (secondary N) is 1. The van der Waals surface area contributed by atoms with Gasteiger partial charge < -0.3 is 19.7 Å². The van der Waals surface area contributed by atoms with Crippen LogP contribution in [0.2, 0.25) is 0 Å². The third-order valence-electron chi connectivity index (χ3n) is 5.24. The van der Waals surface area contributed by atoms with Crippen LogP contribution in [0.15, 0.2) is 42.5 Å². The maximum Gasteiger partial charge on any atom is 0.387 e. The molecule has 10 heteroatoms. The van der Waals surface area contributed by atoms with Crippen LogP contribution in [0.1, 0.15) is 23.2 Å². The number of alkyl halides is 2. The number of aromatic nitrogens is 1. The second-order valence-electron chi connectivity index (χ2n) is 7.31. The Labute approximate surface area is 186 Å². The number of thiazole rings is 1. The lowest BCUT2D eigenvalue weighted by atomic mass is 9.96. The summed E-state index contributed by atoms with van der Waals surface area (Å²) in [6.07, 6.45) is 1.24. The average molecular weight is 461 g/mol. The quantitative estimate of drug-likeness (QED) is 0.589. The van der Waals surface area contributed by atoms with Crippen molar-refractivity contribution in [3.05, 3.63) is 48.0 Å². The number of carbonyl (C=O) groups is 2. The fraction of sp³-hybridized carbons (Fsp3) is 0.318. The number of fused-ring (bicyclic) bond motifs is 1. The number of carbonyl (C=O) groups excluding carboxylic acids is 2. The van der Waals surface area contributed by atoms with E-state index >= 15 is 0 Å². The molecule has 32 heavy (non-hydrogen) atoms. The van der Waals surface area contributed by atoms with Crippen molar-refractivity contribution >= 4 is 38.5 Å². The maximum atomic E-state index is 13.0. The van der Waals surface area contributed by atoms with E-state index < -0.39 is 18.4 Å². The number of nitrogens with zero attached hydrogens (tertiary/aromatic N) is 2.